The molecule has 19 heavy (non-hydrogen) atoms. The minimum absolute atomic E-state index is 0.248. The van der Waals surface area contributed by atoms with Crippen LogP contribution in [0.2, 0.25) is 0 Å². The maximum Gasteiger partial charge on any atom is 0.0957 e. The highest BCUT2D eigenvalue weighted by atomic mass is 16.3. The first-order valence-corrected chi connectivity index (χ1v) is 6.81. The normalized spacial score (nSPS) is 24.7. The van der Waals surface area contributed by atoms with Gasteiger partial charge in [0.05, 0.1) is 12.1 Å². The highest BCUT2D eigenvalue weighted by Gasteiger charge is 2.43. The highest BCUT2D eigenvalue weighted by Crippen LogP contribution is 2.38. The fourth-order valence-corrected chi connectivity index (χ4v) is 2.69. The van der Waals surface area contributed by atoms with Crippen molar-refractivity contribution in [3.05, 3.63) is 71.8 Å². The number of aliphatic hydroxyl groups excluding tert-OH is 1. The second kappa shape index (κ2) is 5.16. The van der Waals surface area contributed by atoms with Crippen LogP contribution >= 0.6 is 0 Å². The van der Waals surface area contributed by atoms with Crippen molar-refractivity contribution in [2.75, 3.05) is 6.54 Å². The van der Waals surface area contributed by atoms with Gasteiger partial charge < -0.3 is 5.11 Å². The van der Waals surface area contributed by atoms with Crippen molar-refractivity contribution in [2.24, 2.45) is 0 Å². The maximum atomic E-state index is 10.4. The van der Waals surface area contributed by atoms with Crippen molar-refractivity contribution in [3.8, 4) is 0 Å². The van der Waals surface area contributed by atoms with Crippen LogP contribution in [0.5, 0.6) is 0 Å². The number of benzene rings is 2. The summed E-state index contributed by atoms with van der Waals surface area (Å²) in [4.78, 5) is 2.34. The van der Waals surface area contributed by atoms with Crippen molar-refractivity contribution in [2.45, 2.75) is 25.1 Å². The first kappa shape index (κ1) is 12.4. The van der Waals surface area contributed by atoms with Gasteiger partial charge in [-0.15, -0.1) is 0 Å². The summed E-state index contributed by atoms with van der Waals surface area (Å²) in [5.41, 5.74) is 2.32. The lowest BCUT2D eigenvalue weighted by molar-refractivity contribution is 0.151. The van der Waals surface area contributed by atoms with Crippen LogP contribution in [0.4, 0.5) is 0 Å². The molecule has 2 aromatic rings. The first-order valence-electron chi connectivity index (χ1n) is 6.81. The molecule has 0 bridgehead atoms. The van der Waals surface area contributed by atoms with Crippen LogP contribution in [-0.2, 0) is 0 Å². The molecule has 1 aliphatic heterocycles. The lowest BCUT2D eigenvalue weighted by atomic mass is 10.1. The van der Waals surface area contributed by atoms with E-state index in [0.717, 1.165) is 12.1 Å². The average Bonchev–Trinajstić information content (AvgIpc) is 3.28. The monoisotopic (exact) mass is 253 g/mol. The number of rotatable bonds is 4. The van der Waals surface area contributed by atoms with Gasteiger partial charge in [-0.25, -0.2) is 0 Å². The predicted molar refractivity (Wildman–Crippen MR) is 76.8 cm³/mol. The molecule has 3 rings (SSSR count). The maximum absolute atomic E-state index is 10.4. The largest absolute Gasteiger partial charge is 0.387 e. The van der Waals surface area contributed by atoms with Gasteiger partial charge in [0.1, 0.15) is 0 Å². The fraction of sp³-hybridized carbons (Fsp3) is 0.294. The first-order chi connectivity index (χ1) is 9.27. The van der Waals surface area contributed by atoms with Gasteiger partial charge in [-0.1, -0.05) is 60.7 Å². The number of hydrogen-bond acceptors (Lipinski definition) is 2. The van der Waals surface area contributed by atoms with Crippen molar-refractivity contribution in [3.63, 3.8) is 0 Å². The summed E-state index contributed by atoms with van der Waals surface area (Å²) in [6.45, 7) is 3.17. The molecule has 1 aliphatic rings. The Balaban J connectivity index is 1.68. The molecule has 1 N–H and O–H groups in total. The van der Waals surface area contributed by atoms with Gasteiger partial charge in [0.15, 0.2) is 0 Å². The van der Waals surface area contributed by atoms with Gasteiger partial charge in [-0.2, -0.15) is 0 Å². The summed E-state index contributed by atoms with van der Waals surface area (Å²) in [6, 6.07) is 21.0. The number of hydrogen-bond donors (Lipinski definition) is 1. The van der Waals surface area contributed by atoms with E-state index in [2.05, 4.69) is 36.1 Å². The second-order valence-electron chi connectivity index (χ2n) is 5.21. The van der Waals surface area contributed by atoms with E-state index in [9.17, 15) is 5.11 Å². The zero-order valence-corrected chi connectivity index (χ0v) is 11.1. The standard InChI is InChI=1S/C17H19NO/c1-13(14-8-4-2-5-9-14)18-12-16(18)17(19)15-10-6-3-7-11-15/h2-11,13,16-17,19H,12H2,1H3/t13-,16?,17?,18?/m0/s1. The van der Waals surface area contributed by atoms with Crippen LogP contribution in [0.1, 0.15) is 30.2 Å². The number of nitrogens with zero attached hydrogens (tertiary/aromatic N) is 1. The summed E-state index contributed by atoms with van der Waals surface area (Å²) in [6.07, 6.45) is -0.382. The van der Waals surface area contributed by atoms with E-state index in [1.54, 1.807) is 0 Å². The van der Waals surface area contributed by atoms with Crippen molar-refractivity contribution in [1.82, 2.24) is 4.90 Å². The Bertz CT molecular complexity index is 476. The smallest absolute Gasteiger partial charge is 0.0957 e. The Hall–Kier alpha value is -1.64. The molecule has 0 aromatic heterocycles. The molecule has 0 radical (unpaired) electrons. The van der Waals surface area contributed by atoms with E-state index >= 15 is 0 Å². The molecule has 1 saturated heterocycles. The summed E-state index contributed by atoms with van der Waals surface area (Å²) in [5, 5.41) is 10.4. The van der Waals surface area contributed by atoms with Crippen LogP contribution < -0.4 is 0 Å². The number of aliphatic hydroxyl groups is 1. The van der Waals surface area contributed by atoms with Gasteiger partial charge in [0, 0.05) is 12.6 Å². The van der Waals surface area contributed by atoms with E-state index in [0.29, 0.717) is 6.04 Å². The topological polar surface area (TPSA) is 23.2 Å². The van der Waals surface area contributed by atoms with E-state index < -0.39 is 0 Å². The molecule has 98 valence electrons. The fourth-order valence-electron chi connectivity index (χ4n) is 2.69. The van der Waals surface area contributed by atoms with Crippen LogP contribution in [-0.4, -0.2) is 22.6 Å². The van der Waals surface area contributed by atoms with Crippen molar-refractivity contribution in [1.29, 1.82) is 0 Å². The molecule has 1 heterocycles. The quantitative estimate of drug-likeness (QED) is 0.846. The van der Waals surface area contributed by atoms with Gasteiger partial charge >= 0.3 is 0 Å². The average molecular weight is 253 g/mol. The third-order valence-electron chi connectivity index (χ3n) is 3.98. The predicted octanol–water partition coefficient (Wildman–Crippen LogP) is 3.17. The Morgan fingerprint density at radius 3 is 2.05 bits per heavy atom. The lowest BCUT2D eigenvalue weighted by Crippen LogP contribution is -2.14. The van der Waals surface area contributed by atoms with Crippen LogP contribution in [0, 0.1) is 0 Å². The van der Waals surface area contributed by atoms with Gasteiger partial charge in [0.2, 0.25) is 0 Å². The Morgan fingerprint density at radius 1 is 0.947 bits per heavy atom. The summed E-state index contributed by atoms with van der Waals surface area (Å²) in [5.74, 6) is 0. The molecule has 3 unspecified atom stereocenters. The Labute approximate surface area is 114 Å². The lowest BCUT2D eigenvalue weighted by Gasteiger charge is -2.17. The molecule has 2 nitrogen and oxygen atoms in total. The molecule has 0 amide bonds. The molecular formula is C17H19NO. The third kappa shape index (κ3) is 2.55. The van der Waals surface area contributed by atoms with E-state index in [1.807, 2.05) is 36.4 Å². The Morgan fingerprint density at radius 2 is 1.47 bits per heavy atom. The van der Waals surface area contributed by atoms with E-state index in [-0.39, 0.29) is 12.1 Å². The third-order valence-corrected chi connectivity index (χ3v) is 3.98. The molecular weight excluding hydrogens is 234 g/mol. The Kier molecular flexibility index (Phi) is 3.36. The summed E-state index contributed by atoms with van der Waals surface area (Å²) < 4.78 is 0. The molecule has 0 aliphatic carbocycles. The zero-order valence-electron chi connectivity index (χ0n) is 11.1. The summed E-state index contributed by atoms with van der Waals surface area (Å²) in [7, 11) is 0. The van der Waals surface area contributed by atoms with Crippen LogP contribution in [0.3, 0.4) is 0 Å². The van der Waals surface area contributed by atoms with Gasteiger partial charge in [-0.3, -0.25) is 4.90 Å². The molecule has 1 fully saturated rings. The molecule has 2 aromatic carbocycles. The van der Waals surface area contributed by atoms with Crippen LogP contribution in [0.15, 0.2) is 60.7 Å². The molecule has 2 heteroatoms. The van der Waals surface area contributed by atoms with Gasteiger partial charge in [-0.05, 0) is 18.1 Å². The summed E-state index contributed by atoms with van der Waals surface area (Å²) >= 11 is 0. The molecule has 4 atom stereocenters. The second-order valence-corrected chi connectivity index (χ2v) is 5.21. The van der Waals surface area contributed by atoms with E-state index in [4.69, 9.17) is 0 Å². The van der Waals surface area contributed by atoms with Crippen molar-refractivity contribution >= 4 is 0 Å². The van der Waals surface area contributed by atoms with Gasteiger partial charge in [0.25, 0.3) is 0 Å². The molecule has 0 spiro atoms. The SMILES string of the molecule is C[C@@H](c1ccccc1)N1CC1C(O)c1ccccc1. The van der Waals surface area contributed by atoms with E-state index in [1.165, 1.54) is 5.56 Å². The zero-order chi connectivity index (χ0) is 13.2. The minimum atomic E-state index is -0.382. The minimum Gasteiger partial charge on any atom is -0.387 e. The highest BCUT2D eigenvalue weighted by molar-refractivity contribution is 5.24. The van der Waals surface area contributed by atoms with Crippen molar-refractivity contribution < 1.29 is 5.11 Å². The molecule has 0 saturated carbocycles. The van der Waals surface area contributed by atoms with Crippen LogP contribution in [0.25, 0.3) is 0 Å².